The van der Waals surface area contributed by atoms with Crippen molar-refractivity contribution in [1.29, 1.82) is 0 Å². The lowest BCUT2D eigenvalue weighted by Crippen LogP contribution is -2.22. The summed E-state index contributed by atoms with van der Waals surface area (Å²) in [6.07, 6.45) is 3.42. The fourth-order valence-electron chi connectivity index (χ4n) is 2.23. The van der Waals surface area contributed by atoms with E-state index in [0.717, 1.165) is 17.7 Å². The summed E-state index contributed by atoms with van der Waals surface area (Å²) in [7, 11) is 0. The Kier molecular flexibility index (Phi) is 3.08. The van der Waals surface area contributed by atoms with Crippen molar-refractivity contribution in [2.75, 3.05) is 18.0 Å². The summed E-state index contributed by atoms with van der Waals surface area (Å²) in [6, 6.07) is 4.28. The zero-order chi connectivity index (χ0) is 11.5. The van der Waals surface area contributed by atoms with Gasteiger partial charge in [-0.1, -0.05) is 6.07 Å². The highest BCUT2D eigenvalue weighted by molar-refractivity contribution is 5.42. The summed E-state index contributed by atoms with van der Waals surface area (Å²) in [5, 5.41) is 9.33. The number of nitrogens with zero attached hydrogens (tertiary/aromatic N) is 3. The molecule has 0 aromatic carbocycles. The van der Waals surface area contributed by atoms with Crippen LogP contribution >= 0.6 is 0 Å². The molecule has 1 aromatic rings. The largest absolute Gasteiger partial charge is 0.411 e. The van der Waals surface area contributed by atoms with Gasteiger partial charge in [0.15, 0.2) is 0 Å². The molecule has 0 bridgehead atoms. The quantitative estimate of drug-likeness (QED) is 0.446. The van der Waals surface area contributed by atoms with E-state index in [9.17, 15) is 0 Å². The fourth-order valence-corrected chi connectivity index (χ4v) is 2.23. The van der Waals surface area contributed by atoms with Crippen LogP contribution in [0.5, 0.6) is 0 Å². The summed E-state index contributed by atoms with van der Waals surface area (Å²) < 4.78 is 0. The lowest BCUT2D eigenvalue weighted by Gasteiger charge is -2.18. The molecule has 16 heavy (non-hydrogen) atoms. The first-order chi connectivity index (χ1) is 7.74. The van der Waals surface area contributed by atoms with Crippen LogP contribution in [0, 0.1) is 18.8 Å². The molecule has 2 aliphatic rings. The van der Waals surface area contributed by atoms with Crippen molar-refractivity contribution in [1.82, 2.24) is 4.98 Å². The molecule has 0 spiro atoms. The summed E-state index contributed by atoms with van der Waals surface area (Å²) in [5.41, 5.74) is 1.24. The number of hydrogen-bond acceptors (Lipinski definition) is 4. The molecule has 2 fully saturated rings. The monoisotopic (exact) mass is 219 g/mol. The van der Waals surface area contributed by atoms with Gasteiger partial charge in [0.1, 0.15) is 5.82 Å². The molecular weight excluding hydrogens is 202 g/mol. The molecule has 1 aliphatic heterocycles. The maximum atomic E-state index is 7.08. The third-order valence-corrected chi connectivity index (χ3v) is 3.20. The first-order valence-corrected chi connectivity index (χ1v) is 5.52. The van der Waals surface area contributed by atoms with Crippen LogP contribution in [-0.4, -0.2) is 30.0 Å². The van der Waals surface area contributed by atoms with Gasteiger partial charge in [-0.2, -0.15) is 0 Å². The zero-order valence-corrected chi connectivity index (χ0v) is 9.50. The van der Waals surface area contributed by atoms with E-state index in [2.05, 4.69) is 40.8 Å². The summed E-state index contributed by atoms with van der Waals surface area (Å²) in [6.45, 7) is 7.22. The highest BCUT2D eigenvalue weighted by atomic mass is 16.4. The van der Waals surface area contributed by atoms with Gasteiger partial charge in [-0.15, -0.1) is 5.16 Å². The van der Waals surface area contributed by atoms with Gasteiger partial charge in [-0.25, -0.2) is 4.98 Å². The van der Waals surface area contributed by atoms with E-state index < -0.39 is 0 Å². The topological polar surface area (TPSA) is 48.7 Å². The van der Waals surface area contributed by atoms with Crippen molar-refractivity contribution in [2.45, 2.75) is 13.3 Å². The van der Waals surface area contributed by atoms with E-state index in [0.29, 0.717) is 0 Å². The maximum absolute atomic E-state index is 7.08. The highest BCUT2D eigenvalue weighted by Crippen LogP contribution is 2.45. The van der Waals surface area contributed by atoms with E-state index in [1.54, 1.807) is 0 Å². The molecule has 1 aliphatic carbocycles. The first-order valence-electron chi connectivity index (χ1n) is 5.52. The molecule has 2 unspecified atom stereocenters. The Morgan fingerprint density at radius 3 is 2.56 bits per heavy atom. The molecule has 2 atom stereocenters. The van der Waals surface area contributed by atoms with Crippen LogP contribution < -0.4 is 4.90 Å². The number of piperidine rings is 1. The van der Waals surface area contributed by atoms with Gasteiger partial charge in [0, 0.05) is 26.0 Å². The number of hydrogen-bond donors (Lipinski definition) is 1. The van der Waals surface area contributed by atoms with Crippen LogP contribution in [0.1, 0.15) is 12.0 Å². The third-order valence-electron chi connectivity index (χ3n) is 3.20. The van der Waals surface area contributed by atoms with E-state index >= 15 is 0 Å². The number of aryl methyl sites for hydroxylation is 1. The minimum absolute atomic E-state index is 0.989. The molecule has 2 heterocycles. The van der Waals surface area contributed by atoms with Gasteiger partial charge in [-0.05, 0) is 36.8 Å². The van der Waals surface area contributed by atoms with Crippen LogP contribution in [0.4, 0.5) is 5.82 Å². The number of oxime groups is 1. The molecule has 1 saturated heterocycles. The van der Waals surface area contributed by atoms with Crippen molar-refractivity contribution in [3.63, 3.8) is 0 Å². The van der Waals surface area contributed by atoms with Crippen molar-refractivity contribution in [3.8, 4) is 0 Å². The van der Waals surface area contributed by atoms with Crippen LogP contribution in [0.3, 0.4) is 0 Å². The van der Waals surface area contributed by atoms with Gasteiger partial charge in [0.05, 0.1) is 0 Å². The molecule has 4 nitrogen and oxygen atoms in total. The number of aromatic nitrogens is 1. The number of fused-ring (bicyclic) bond motifs is 1. The summed E-state index contributed by atoms with van der Waals surface area (Å²) in [4.78, 5) is 6.86. The minimum atomic E-state index is 0.989. The van der Waals surface area contributed by atoms with E-state index in [1.807, 2.05) is 6.20 Å². The molecule has 0 radical (unpaired) electrons. The Hall–Kier alpha value is -1.58. The first kappa shape index (κ1) is 10.9. The van der Waals surface area contributed by atoms with Gasteiger partial charge >= 0.3 is 0 Å². The van der Waals surface area contributed by atoms with Gasteiger partial charge in [-0.3, -0.25) is 0 Å². The van der Waals surface area contributed by atoms with Crippen LogP contribution in [0.2, 0.25) is 0 Å². The average molecular weight is 219 g/mol. The highest BCUT2D eigenvalue weighted by Gasteiger charge is 2.45. The summed E-state index contributed by atoms with van der Waals surface area (Å²) in [5.74, 6) is 3.14. The van der Waals surface area contributed by atoms with Gasteiger partial charge < -0.3 is 10.1 Å². The second-order valence-corrected chi connectivity index (χ2v) is 4.50. The molecule has 86 valence electrons. The minimum Gasteiger partial charge on any atom is -0.411 e. The third kappa shape index (κ3) is 2.32. The molecule has 0 amide bonds. The van der Waals surface area contributed by atoms with Gasteiger partial charge in [0.25, 0.3) is 0 Å². The lowest BCUT2D eigenvalue weighted by atomic mass is 10.3. The fraction of sp³-hybridized carbons (Fsp3) is 0.500. The molecule has 1 saturated carbocycles. The predicted octanol–water partition coefficient (Wildman–Crippen LogP) is 1.92. The molecular formula is C12H17N3O. The Morgan fingerprint density at radius 2 is 2.06 bits per heavy atom. The lowest BCUT2D eigenvalue weighted by molar-refractivity contribution is 0.323. The van der Waals surface area contributed by atoms with Gasteiger partial charge in [0.2, 0.25) is 0 Å². The van der Waals surface area contributed by atoms with Crippen LogP contribution in [0.25, 0.3) is 0 Å². The SMILES string of the molecule is C=NO.Cc1ccc(N2CC3CC3C2)nc1. The number of pyridine rings is 1. The van der Waals surface area contributed by atoms with Crippen LogP contribution in [-0.2, 0) is 0 Å². The molecule has 1 aromatic heterocycles. The molecule has 3 rings (SSSR count). The van der Waals surface area contributed by atoms with E-state index in [-0.39, 0.29) is 0 Å². The van der Waals surface area contributed by atoms with Crippen molar-refractivity contribution in [3.05, 3.63) is 23.9 Å². The molecule has 1 N–H and O–H groups in total. The predicted molar refractivity (Wildman–Crippen MR) is 64.1 cm³/mol. The summed E-state index contributed by atoms with van der Waals surface area (Å²) >= 11 is 0. The zero-order valence-electron chi connectivity index (χ0n) is 9.50. The number of rotatable bonds is 1. The second kappa shape index (κ2) is 4.51. The van der Waals surface area contributed by atoms with Crippen molar-refractivity contribution in [2.24, 2.45) is 17.0 Å². The van der Waals surface area contributed by atoms with Crippen molar-refractivity contribution >= 4 is 12.5 Å². The Morgan fingerprint density at radius 1 is 1.44 bits per heavy atom. The Labute approximate surface area is 95.6 Å². The van der Waals surface area contributed by atoms with Crippen LogP contribution in [0.15, 0.2) is 23.5 Å². The second-order valence-electron chi connectivity index (χ2n) is 4.50. The Bertz CT molecular complexity index is 353. The number of anilines is 1. The standard InChI is InChI=1S/C11H14N2.CH3NO/c1-8-2-3-11(12-5-8)13-6-9-4-10(9)7-13;1-2-3/h2-3,5,9-10H,4,6-7H2,1H3;3H,1H2. The normalized spacial score (nSPS) is 25.4. The molecule has 4 heteroatoms. The Balaban J connectivity index is 0.000000292. The average Bonchev–Trinajstić information content (AvgIpc) is 2.88. The maximum Gasteiger partial charge on any atom is 0.128 e. The van der Waals surface area contributed by atoms with E-state index in [1.165, 1.54) is 25.1 Å². The van der Waals surface area contributed by atoms with Crippen molar-refractivity contribution < 1.29 is 5.21 Å². The van der Waals surface area contributed by atoms with E-state index in [4.69, 9.17) is 5.21 Å². The smallest absolute Gasteiger partial charge is 0.128 e.